The second kappa shape index (κ2) is 9.27. The quantitative estimate of drug-likeness (QED) is 0.554. The minimum Gasteiger partial charge on any atom is -0.495 e. The fourth-order valence-electron chi connectivity index (χ4n) is 4.50. The van der Waals surface area contributed by atoms with Gasteiger partial charge in [0.1, 0.15) is 11.3 Å². The third kappa shape index (κ3) is 4.55. The van der Waals surface area contributed by atoms with E-state index in [0.717, 1.165) is 17.7 Å². The Labute approximate surface area is 192 Å². The van der Waals surface area contributed by atoms with Crippen LogP contribution in [0.4, 0.5) is 10.5 Å². The van der Waals surface area contributed by atoms with E-state index in [0.29, 0.717) is 31.8 Å². The van der Waals surface area contributed by atoms with Gasteiger partial charge in [-0.15, -0.1) is 0 Å². The summed E-state index contributed by atoms with van der Waals surface area (Å²) in [6, 6.07) is 3.77. The number of imide groups is 1. The van der Waals surface area contributed by atoms with Gasteiger partial charge in [-0.25, -0.2) is 13.2 Å². The fraction of sp³-hybridized carbons (Fsp3) is 0.571. The highest BCUT2D eigenvalue weighted by molar-refractivity contribution is 7.89. The number of carbonyl (C=O) groups excluding carboxylic acids is 3. The molecule has 11 nitrogen and oxygen atoms in total. The Morgan fingerprint density at radius 3 is 2.58 bits per heavy atom. The van der Waals surface area contributed by atoms with Crippen LogP contribution in [0.2, 0.25) is 0 Å². The standard InChI is InChI=1S/C21H28N4O7S/c1-31-17-5-4-15(33(29,30)24-10-12-32-13-11-24)14-16(17)22-18(26)6-9-25-19(27)21(23-20(25)28)7-2-3-8-21/h4-5,14H,2-3,6-13H2,1H3,(H,22,26)(H,23,28). The number of anilines is 1. The van der Waals surface area contributed by atoms with Crippen molar-refractivity contribution in [2.45, 2.75) is 42.5 Å². The number of methoxy groups -OCH3 is 1. The largest absolute Gasteiger partial charge is 0.495 e. The molecule has 3 fully saturated rings. The van der Waals surface area contributed by atoms with Gasteiger partial charge in [-0.1, -0.05) is 12.8 Å². The zero-order chi connectivity index (χ0) is 23.6. The number of carbonyl (C=O) groups is 3. The summed E-state index contributed by atoms with van der Waals surface area (Å²) in [5, 5.41) is 5.43. The van der Waals surface area contributed by atoms with Crippen LogP contribution in [0.1, 0.15) is 32.1 Å². The molecule has 1 aromatic carbocycles. The van der Waals surface area contributed by atoms with Crippen LogP contribution in [-0.4, -0.2) is 81.0 Å². The van der Waals surface area contributed by atoms with E-state index in [4.69, 9.17) is 9.47 Å². The molecule has 1 spiro atoms. The smallest absolute Gasteiger partial charge is 0.325 e. The fourth-order valence-corrected chi connectivity index (χ4v) is 5.94. The van der Waals surface area contributed by atoms with Crippen LogP contribution in [-0.2, 0) is 24.3 Å². The van der Waals surface area contributed by atoms with Crippen molar-refractivity contribution in [3.05, 3.63) is 18.2 Å². The first kappa shape index (κ1) is 23.5. The first-order valence-corrected chi connectivity index (χ1v) is 12.4. The molecule has 33 heavy (non-hydrogen) atoms. The normalized spacial score (nSPS) is 20.8. The number of amides is 4. The predicted molar refractivity (Wildman–Crippen MR) is 117 cm³/mol. The monoisotopic (exact) mass is 480 g/mol. The van der Waals surface area contributed by atoms with Crippen LogP contribution < -0.4 is 15.4 Å². The van der Waals surface area contributed by atoms with Gasteiger partial charge in [0.2, 0.25) is 15.9 Å². The summed E-state index contributed by atoms with van der Waals surface area (Å²) in [5.74, 6) is -0.458. The summed E-state index contributed by atoms with van der Waals surface area (Å²) in [6.45, 7) is 1.09. The Bertz CT molecular complexity index is 1050. The van der Waals surface area contributed by atoms with Crippen LogP contribution in [0.15, 0.2) is 23.1 Å². The van der Waals surface area contributed by atoms with Crippen LogP contribution in [0.25, 0.3) is 0 Å². The number of urea groups is 1. The molecular formula is C21H28N4O7S. The van der Waals surface area contributed by atoms with Crippen molar-refractivity contribution >= 4 is 33.6 Å². The molecule has 0 aromatic heterocycles. The van der Waals surface area contributed by atoms with Crippen molar-refractivity contribution in [2.75, 3.05) is 45.3 Å². The van der Waals surface area contributed by atoms with Crippen LogP contribution in [0, 0.1) is 0 Å². The van der Waals surface area contributed by atoms with Crippen molar-refractivity contribution in [3.8, 4) is 5.75 Å². The Morgan fingerprint density at radius 1 is 1.21 bits per heavy atom. The van der Waals surface area contributed by atoms with Crippen molar-refractivity contribution in [2.24, 2.45) is 0 Å². The molecular weight excluding hydrogens is 452 g/mol. The summed E-state index contributed by atoms with van der Waals surface area (Å²) in [5.41, 5.74) is -0.625. The molecule has 2 heterocycles. The maximum atomic E-state index is 12.9. The van der Waals surface area contributed by atoms with E-state index in [1.165, 1.54) is 29.6 Å². The van der Waals surface area contributed by atoms with E-state index in [9.17, 15) is 22.8 Å². The molecule has 1 saturated carbocycles. The lowest BCUT2D eigenvalue weighted by Crippen LogP contribution is -2.44. The number of sulfonamides is 1. The molecule has 1 aliphatic carbocycles. The molecule has 2 saturated heterocycles. The van der Waals surface area contributed by atoms with Gasteiger partial charge < -0.3 is 20.1 Å². The van der Waals surface area contributed by atoms with Gasteiger partial charge in [0.05, 0.1) is 30.9 Å². The maximum absolute atomic E-state index is 12.9. The molecule has 4 amide bonds. The molecule has 12 heteroatoms. The minimum atomic E-state index is -3.76. The van der Waals surface area contributed by atoms with Gasteiger partial charge in [0.15, 0.2) is 0 Å². The van der Waals surface area contributed by atoms with E-state index in [1.54, 1.807) is 0 Å². The number of nitrogens with zero attached hydrogens (tertiary/aromatic N) is 2. The maximum Gasteiger partial charge on any atom is 0.325 e. The van der Waals surface area contributed by atoms with Crippen LogP contribution >= 0.6 is 0 Å². The number of ether oxygens (including phenoxy) is 2. The first-order chi connectivity index (χ1) is 15.8. The van der Waals surface area contributed by atoms with Gasteiger partial charge in [-0.3, -0.25) is 14.5 Å². The summed E-state index contributed by atoms with van der Waals surface area (Å²) >= 11 is 0. The number of rotatable bonds is 7. The summed E-state index contributed by atoms with van der Waals surface area (Å²) < 4.78 is 37.7. The highest BCUT2D eigenvalue weighted by atomic mass is 32.2. The summed E-state index contributed by atoms with van der Waals surface area (Å²) in [4.78, 5) is 38.7. The van der Waals surface area contributed by atoms with Gasteiger partial charge >= 0.3 is 6.03 Å². The van der Waals surface area contributed by atoms with E-state index >= 15 is 0 Å². The van der Waals surface area contributed by atoms with Crippen molar-refractivity contribution in [3.63, 3.8) is 0 Å². The molecule has 180 valence electrons. The van der Waals surface area contributed by atoms with E-state index < -0.39 is 27.5 Å². The molecule has 4 rings (SSSR count). The molecule has 3 aliphatic rings. The molecule has 0 bridgehead atoms. The molecule has 0 atom stereocenters. The molecule has 1 aromatic rings. The lowest BCUT2D eigenvalue weighted by molar-refractivity contribution is -0.131. The van der Waals surface area contributed by atoms with Gasteiger partial charge in [0.25, 0.3) is 5.91 Å². The lowest BCUT2D eigenvalue weighted by atomic mass is 9.98. The Morgan fingerprint density at radius 2 is 1.91 bits per heavy atom. The topological polar surface area (TPSA) is 134 Å². The van der Waals surface area contributed by atoms with Crippen LogP contribution in [0.3, 0.4) is 0 Å². The van der Waals surface area contributed by atoms with E-state index in [-0.39, 0.29) is 42.5 Å². The summed E-state index contributed by atoms with van der Waals surface area (Å²) in [7, 11) is -2.35. The third-order valence-corrected chi connectivity index (χ3v) is 8.21. The molecule has 2 aliphatic heterocycles. The summed E-state index contributed by atoms with van der Waals surface area (Å²) in [6.07, 6.45) is 2.86. The Kier molecular flexibility index (Phi) is 6.59. The predicted octanol–water partition coefficient (Wildman–Crippen LogP) is 0.909. The highest BCUT2D eigenvalue weighted by Crippen LogP contribution is 2.35. The zero-order valence-electron chi connectivity index (χ0n) is 18.5. The third-order valence-electron chi connectivity index (χ3n) is 6.32. The SMILES string of the molecule is COc1ccc(S(=O)(=O)N2CCOCC2)cc1NC(=O)CCN1C(=O)NC2(CCCC2)C1=O. The number of benzene rings is 1. The zero-order valence-corrected chi connectivity index (χ0v) is 19.3. The number of morpholine rings is 1. The van der Waals surface area contributed by atoms with Crippen molar-refractivity contribution in [1.82, 2.24) is 14.5 Å². The Hall–Kier alpha value is -2.70. The van der Waals surface area contributed by atoms with Crippen LogP contribution in [0.5, 0.6) is 5.75 Å². The van der Waals surface area contributed by atoms with Gasteiger partial charge in [-0.2, -0.15) is 4.31 Å². The van der Waals surface area contributed by atoms with Gasteiger partial charge in [-0.05, 0) is 31.0 Å². The lowest BCUT2D eigenvalue weighted by Gasteiger charge is -2.26. The Balaban J connectivity index is 1.43. The number of nitrogens with one attached hydrogen (secondary N) is 2. The van der Waals surface area contributed by atoms with Gasteiger partial charge in [0, 0.05) is 26.1 Å². The molecule has 2 N–H and O–H groups in total. The van der Waals surface area contributed by atoms with E-state index in [2.05, 4.69) is 10.6 Å². The van der Waals surface area contributed by atoms with Crippen molar-refractivity contribution in [1.29, 1.82) is 0 Å². The second-order valence-corrected chi connectivity index (χ2v) is 10.3. The number of hydrogen-bond donors (Lipinski definition) is 2. The second-order valence-electron chi connectivity index (χ2n) is 8.35. The number of hydrogen-bond acceptors (Lipinski definition) is 7. The van der Waals surface area contributed by atoms with E-state index in [1.807, 2.05) is 0 Å². The average molecular weight is 481 g/mol. The average Bonchev–Trinajstić information content (AvgIpc) is 3.37. The molecule has 0 unspecified atom stereocenters. The highest BCUT2D eigenvalue weighted by Gasteiger charge is 2.52. The van der Waals surface area contributed by atoms with Crippen molar-refractivity contribution < 1.29 is 32.3 Å². The minimum absolute atomic E-state index is 0.0257. The first-order valence-electron chi connectivity index (χ1n) is 11.0. The molecule has 0 radical (unpaired) electrons.